The van der Waals surface area contributed by atoms with Crippen LogP contribution in [0.5, 0.6) is 0 Å². The van der Waals surface area contributed by atoms with E-state index in [0.29, 0.717) is 24.7 Å². The molecule has 0 amide bonds. The molecule has 1 saturated carbocycles. The van der Waals surface area contributed by atoms with Crippen molar-refractivity contribution in [3.05, 3.63) is 0 Å². The van der Waals surface area contributed by atoms with Gasteiger partial charge in [-0.3, -0.25) is 4.79 Å². The van der Waals surface area contributed by atoms with Crippen LogP contribution in [0.1, 0.15) is 39.5 Å². The number of aliphatic hydroxyl groups excluding tert-OH is 1. The van der Waals surface area contributed by atoms with Gasteiger partial charge in [0, 0.05) is 0 Å². The number of rotatable bonds is 1. The number of hydrogen-bond acceptors (Lipinski definition) is 2. The van der Waals surface area contributed by atoms with Crippen LogP contribution in [-0.4, -0.2) is 22.3 Å². The van der Waals surface area contributed by atoms with Crippen molar-refractivity contribution in [1.82, 2.24) is 0 Å². The summed E-state index contributed by atoms with van der Waals surface area (Å²) >= 11 is 0. The average molecular weight is 200 g/mol. The number of carboxylic acids is 1. The molecule has 1 rings (SSSR count). The van der Waals surface area contributed by atoms with Gasteiger partial charge in [-0.1, -0.05) is 13.8 Å². The van der Waals surface area contributed by atoms with E-state index >= 15 is 0 Å². The van der Waals surface area contributed by atoms with Gasteiger partial charge in [0.1, 0.15) is 0 Å². The smallest absolute Gasteiger partial charge is 0.306 e. The third kappa shape index (κ3) is 3.29. The third-order valence-corrected chi connectivity index (χ3v) is 3.07. The fourth-order valence-electron chi connectivity index (χ4n) is 2.49. The predicted octanol–water partition coefficient (Wildman–Crippen LogP) is 1.89. The number of carboxylic acid groups (broad SMARTS) is 1. The van der Waals surface area contributed by atoms with Crippen LogP contribution < -0.4 is 0 Å². The fourth-order valence-corrected chi connectivity index (χ4v) is 2.49. The molecule has 0 saturated heterocycles. The molecule has 2 N–H and O–H groups in total. The molecule has 0 aromatic heterocycles. The lowest BCUT2D eigenvalue weighted by atomic mass is 9.80. The van der Waals surface area contributed by atoms with Gasteiger partial charge in [-0.2, -0.15) is 0 Å². The highest BCUT2D eigenvalue weighted by atomic mass is 16.4. The summed E-state index contributed by atoms with van der Waals surface area (Å²) in [6, 6.07) is 0. The van der Waals surface area contributed by atoms with Crippen molar-refractivity contribution in [3.63, 3.8) is 0 Å². The van der Waals surface area contributed by atoms with Crippen molar-refractivity contribution in [2.45, 2.75) is 45.6 Å². The maximum absolute atomic E-state index is 10.9. The van der Waals surface area contributed by atoms with Crippen LogP contribution in [0, 0.1) is 17.8 Å². The standard InChI is InChI=1S/C11H20O3/c1-7-3-9(11(13)14)4-8(2)6-10(12)5-7/h7-10,12H,3-6H2,1-2H3,(H,13,14)/t7-,8+,9?,10?. The summed E-state index contributed by atoms with van der Waals surface area (Å²) in [5.41, 5.74) is 0. The zero-order valence-corrected chi connectivity index (χ0v) is 8.94. The summed E-state index contributed by atoms with van der Waals surface area (Å²) in [6.07, 6.45) is 2.66. The molecule has 0 aromatic rings. The first-order valence-corrected chi connectivity index (χ1v) is 5.40. The number of aliphatic hydroxyl groups is 1. The minimum absolute atomic E-state index is 0.215. The topological polar surface area (TPSA) is 57.5 Å². The van der Waals surface area contributed by atoms with Gasteiger partial charge >= 0.3 is 5.97 Å². The van der Waals surface area contributed by atoms with E-state index in [9.17, 15) is 9.90 Å². The van der Waals surface area contributed by atoms with Crippen molar-refractivity contribution >= 4 is 5.97 Å². The maximum Gasteiger partial charge on any atom is 0.306 e. The molecule has 4 atom stereocenters. The summed E-state index contributed by atoms with van der Waals surface area (Å²) in [6.45, 7) is 4.05. The molecule has 1 aliphatic carbocycles. The second-order valence-corrected chi connectivity index (χ2v) is 4.84. The molecule has 0 spiro atoms. The SMILES string of the molecule is C[C@@H]1CC(O)C[C@H](C)CC(C(=O)O)C1. The Balaban J connectivity index is 2.60. The highest BCUT2D eigenvalue weighted by molar-refractivity contribution is 5.69. The van der Waals surface area contributed by atoms with E-state index in [1.807, 2.05) is 13.8 Å². The van der Waals surface area contributed by atoms with E-state index in [1.54, 1.807) is 0 Å². The first kappa shape index (κ1) is 11.5. The zero-order valence-electron chi connectivity index (χ0n) is 8.94. The molecule has 3 nitrogen and oxygen atoms in total. The lowest BCUT2D eigenvalue weighted by Crippen LogP contribution is -2.26. The van der Waals surface area contributed by atoms with E-state index in [0.717, 1.165) is 12.8 Å². The highest BCUT2D eigenvalue weighted by Crippen LogP contribution is 2.30. The Morgan fingerprint density at radius 1 is 1.07 bits per heavy atom. The van der Waals surface area contributed by atoms with Crippen molar-refractivity contribution in [1.29, 1.82) is 0 Å². The van der Waals surface area contributed by atoms with Gasteiger partial charge in [-0.25, -0.2) is 0 Å². The van der Waals surface area contributed by atoms with Gasteiger partial charge in [0.05, 0.1) is 12.0 Å². The van der Waals surface area contributed by atoms with Crippen LogP contribution in [0.4, 0.5) is 0 Å². The zero-order chi connectivity index (χ0) is 10.7. The van der Waals surface area contributed by atoms with Crippen molar-refractivity contribution in [2.24, 2.45) is 17.8 Å². The van der Waals surface area contributed by atoms with Crippen LogP contribution in [0.2, 0.25) is 0 Å². The van der Waals surface area contributed by atoms with Crippen molar-refractivity contribution in [2.75, 3.05) is 0 Å². The molecule has 14 heavy (non-hydrogen) atoms. The molecule has 0 radical (unpaired) electrons. The Morgan fingerprint density at radius 3 is 1.86 bits per heavy atom. The predicted molar refractivity (Wildman–Crippen MR) is 53.9 cm³/mol. The second kappa shape index (κ2) is 4.78. The summed E-state index contributed by atoms with van der Waals surface area (Å²) in [5, 5.41) is 18.6. The molecule has 82 valence electrons. The van der Waals surface area contributed by atoms with Crippen LogP contribution >= 0.6 is 0 Å². The first-order valence-electron chi connectivity index (χ1n) is 5.40. The van der Waals surface area contributed by atoms with E-state index in [1.165, 1.54) is 0 Å². The lowest BCUT2D eigenvalue weighted by molar-refractivity contribution is -0.143. The quantitative estimate of drug-likeness (QED) is 0.679. The Bertz CT molecular complexity index is 189. The summed E-state index contributed by atoms with van der Waals surface area (Å²) in [4.78, 5) is 10.9. The minimum atomic E-state index is -0.680. The van der Waals surface area contributed by atoms with Crippen LogP contribution in [0.25, 0.3) is 0 Å². The van der Waals surface area contributed by atoms with E-state index < -0.39 is 5.97 Å². The largest absolute Gasteiger partial charge is 0.481 e. The van der Waals surface area contributed by atoms with Crippen LogP contribution in [0.3, 0.4) is 0 Å². The molecular weight excluding hydrogens is 180 g/mol. The molecule has 0 aromatic carbocycles. The minimum Gasteiger partial charge on any atom is -0.481 e. The average Bonchev–Trinajstić information content (AvgIpc) is 1.99. The van der Waals surface area contributed by atoms with Gasteiger partial charge in [0.15, 0.2) is 0 Å². The Morgan fingerprint density at radius 2 is 1.50 bits per heavy atom. The summed E-state index contributed by atoms with van der Waals surface area (Å²) in [5.74, 6) is -0.259. The first-order chi connectivity index (χ1) is 6.49. The Hall–Kier alpha value is -0.570. The fraction of sp³-hybridized carbons (Fsp3) is 0.909. The summed E-state index contributed by atoms with van der Waals surface area (Å²) < 4.78 is 0. The molecule has 3 heteroatoms. The van der Waals surface area contributed by atoms with Gasteiger partial charge in [-0.05, 0) is 37.5 Å². The molecular formula is C11H20O3. The monoisotopic (exact) mass is 200 g/mol. The van der Waals surface area contributed by atoms with Gasteiger partial charge in [-0.15, -0.1) is 0 Å². The highest BCUT2D eigenvalue weighted by Gasteiger charge is 2.27. The third-order valence-electron chi connectivity index (χ3n) is 3.07. The number of carbonyl (C=O) groups is 1. The van der Waals surface area contributed by atoms with Crippen LogP contribution in [0.15, 0.2) is 0 Å². The maximum atomic E-state index is 10.9. The van der Waals surface area contributed by atoms with Crippen molar-refractivity contribution in [3.8, 4) is 0 Å². The van der Waals surface area contributed by atoms with Gasteiger partial charge < -0.3 is 10.2 Å². The number of aliphatic carboxylic acids is 1. The molecule has 0 heterocycles. The van der Waals surface area contributed by atoms with Crippen LogP contribution in [-0.2, 0) is 4.79 Å². The van der Waals surface area contributed by atoms with E-state index in [-0.39, 0.29) is 12.0 Å². The summed E-state index contributed by atoms with van der Waals surface area (Å²) in [7, 11) is 0. The normalized spacial score (nSPS) is 39.9. The molecule has 0 bridgehead atoms. The molecule has 1 aliphatic rings. The molecule has 2 unspecified atom stereocenters. The van der Waals surface area contributed by atoms with Gasteiger partial charge in [0.25, 0.3) is 0 Å². The van der Waals surface area contributed by atoms with E-state index in [2.05, 4.69) is 0 Å². The Labute approximate surface area is 85.1 Å². The van der Waals surface area contributed by atoms with Gasteiger partial charge in [0.2, 0.25) is 0 Å². The Kier molecular flexibility index (Phi) is 3.93. The second-order valence-electron chi connectivity index (χ2n) is 4.84. The lowest BCUT2D eigenvalue weighted by Gasteiger charge is -2.27. The van der Waals surface area contributed by atoms with E-state index in [4.69, 9.17) is 5.11 Å². The molecule has 0 aliphatic heterocycles. The molecule has 1 fully saturated rings. The number of hydrogen-bond donors (Lipinski definition) is 2. The van der Waals surface area contributed by atoms with Crippen molar-refractivity contribution < 1.29 is 15.0 Å².